The Morgan fingerprint density at radius 1 is 1.16 bits per heavy atom. The van der Waals surface area contributed by atoms with Crippen molar-refractivity contribution in [3.05, 3.63) is 29.8 Å². The van der Waals surface area contributed by atoms with Crippen molar-refractivity contribution in [2.45, 2.75) is 19.8 Å². The van der Waals surface area contributed by atoms with E-state index in [1.807, 2.05) is 6.92 Å². The van der Waals surface area contributed by atoms with Crippen molar-refractivity contribution in [2.24, 2.45) is 0 Å². The molecule has 5 nitrogen and oxygen atoms in total. The molecule has 0 saturated heterocycles. The minimum Gasteiger partial charge on any atom is -0.462 e. The van der Waals surface area contributed by atoms with Crippen molar-refractivity contribution in [3.63, 3.8) is 0 Å². The van der Waals surface area contributed by atoms with Crippen molar-refractivity contribution in [1.82, 2.24) is 4.90 Å². The molecule has 0 aromatic heterocycles. The van der Waals surface area contributed by atoms with Crippen molar-refractivity contribution in [3.8, 4) is 5.75 Å². The molecule has 0 spiro atoms. The van der Waals surface area contributed by atoms with Crippen LogP contribution in [0.25, 0.3) is 0 Å². The molecule has 0 heterocycles. The van der Waals surface area contributed by atoms with Gasteiger partial charge in [-0.2, -0.15) is 0 Å². The maximum Gasteiger partial charge on any atom is 0.414 e. The summed E-state index contributed by atoms with van der Waals surface area (Å²) in [6.07, 6.45) is 1.37. The summed E-state index contributed by atoms with van der Waals surface area (Å²) in [6.45, 7) is 2.45. The molecule has 0 saturated carbocycles. The van der Waals surface area contributed by atoms with Gasteiger partial charge in [-0.15, -0.1) is 0 Å². The quantitative estimate of drug-likeness (QED) is 0.606. The molecule has 0 aliphatic rings. The predicted molar refractivity (Wildman–Crippen MR) is 71.3 cm³/mol. The number of hydrogen-bond donors (Lipinski definition) is 0. The molecular weight excluding hydrogens is 246 g/mol. The van der Waals surface area contributed by atoms with Crippen LogP contribution in [-0.4, -0.2) is 37.7 Å². The lowest BCUT2D eigenvalue weighted by molar-refractivity contribution is 0.0500. The lowest BCUT2D eigenvalue weighted by Gasteiger charge is -2.10. The van der Waals surface area contributed by atoms with Crippen LogP contribution in [0, 0.1) is 0 Å². The fourth-order valence-electron chi connectivity index (χ4n) is 1.24. The summed E-state index contributed by atoms with van der Waals surface area (Å²) in [5.41, 5.74) is 0.445. The van der Waals surface area contributed by atoms with Gasteiger partial charge in [0.25, 0.3) is 0 Å². The molecule has 0 fully saturated rings. The van der Waals surface area contributed by atoms with Crippen molar-refractivity contribution >= 4 is 12.1 Å². The first-order valence-corrected chi connectivity index (χ1v) is 6.21. The molecule has 1 aromatic carbocycles. The van der Waals surface area contributed by atoms with E-state index in [1.54, 1.807) is 38.4 Å². The van der Waals surface area contributed by atoms with Crippen LogP contribution < -0.4 is 4.74 Å². The standard InChI is InChI=1S/C14H19NO4/c1-4-5-10-18-13(16)11-6-8-12(9-7-11)19-14(17)15(2)3/h6-9H,4-5,10H2,1-3H3. The normalized spacial score (nSPS) is 9.84. The first-order valence-electron chi connectivity index (χ1n) is 6.21. The maximum absolute atomic E-state index is 11.6. The van der Waals surface area contributed by atoms with Crippen LogP contribution in [0.15, 0.2) is 24.3 Å². The molecule has 0 aliphatic carbocycles. The third kappa shape index (κ3) is 4.99. The zero-order valence-corrected chi connectivity index (χ0v) is 11.5. The number of nitrogens with zero attached hydrogens (tertiary/aromatic N) is 1. The molecule has 104 valence electrons. The Hall–Kier alpha value is -2.04. The minimum atomic E-state index is -0.460. The van der Waals surface area contributed by atoms with Gasteiger partial charge in [-0.25, -0.2) is 9.59 Å². The second kappa shape index (κ2) is 7.41. The minimum absolute atomic E-state index is 0.362. The van der Waals surface area contributed by atoms with E-state index < -0.39 is 6.09 Å². The van der Waals surface area contributed by atoms with Gasteiger partial charge in [-0.3, -0.25) is 0 Å². The molecule has 0 N–H and O–H groups in total. The highest BCUT2D eigenvalue weighted by Crippen LogP contribution is 2.14. The van der Waals surface area contributed by atoms with Gasteiger partial charge in [-0.05, 0) is 30.7 Å². The Kier molecular flexibility index (Phi) is 5.85. The first-order chi connectivity index (χ1) is 9.04. The van der Waals surface area contributed by atoms with Crippen LogP contribution in [0.5, 0.6) is 5.75 Å². The molecule has 19 heavy (non-hydrogen) atoms. The summed E-state index contributed by atoms with van der Waals surface area (Å²) in [4.78, 5) is 24.3. The molecular formula is C14H19NO4. The lowest BCUT2D eigenvalue weighted by atomic mass is 10.2. The molecule has 0 atom stereocenters. The van der Waals surface area contributed by atoms with Crippen molar-refractivity contribution in [1.29, 1.82) is 0 Å². The van der Waals surface area contributed by atoms with E-state index in [1.165, 1.54) is 4.90 Å². The van der Waals surface area contributed by atoms with Crippen LogP contribution in [0.3, 0.4) is 0 Å². The van der Waals surface area contributed by atoms with Gasteiger partial charge in [0, 0.05) is 14.1 Å². The molecule has 0 unspecified atom stereocenters. The highest BCUT2D eigenvalue weighted by molar-refractivity contribution is 5.89. The zero-order valence-electron chi connectivity index (χ0n) is 11.5. The van der Waals surface area contributed by atoms with E-state index in [-0.39, 0.29) is 5.97 Å². The van der Waals surface area contributed by atoms with E-state index in [0.717, 1.165) is 12.8 Å². The summed E-state index contributed by atoms with van der Waals surface area (Å²) in [5.74, 6) is 0.0303. The largest absolute Gasteiger partial charge is 0.462 e. The van der Waals surface area contributed by atoms with E-state index >= 15 is 0 Å². The smallest absolute Gasteiger partial charge is 0.414 e. The number of esters is 1. The van der Waals surface area contributed by atoms with E-state index in [9.17, 15) is 9.59 Å². The Balaban J connectivity index is 2.56. The summed E-state index contributed by atoms with van der Waals surface area (Å²) >= 11 is 0. The molecule has 1 amide bonds. The molecule has 5 heteroatoms. The number of benzene rings is 1. The Morgan fingerprint density at radius 3 is 2.32 bits per heavy atom. The van der Waals surface area contributed by atoms with Gasteiger partial charge in [0.2, 0.25) is 0 Å². The van der Waals surface area contributed by atoms with Crippen LogP contribution in [0.2, 0.25) is 0 Å². The molecule has 0 bridgehead atoms. The summed E-state index contributed by atoms with van der Waals surface area (Å²) in [7, 11) is 3.20. The second-order valence-electron chi connectivity index (χ2n) is 4.28. The summed E-state index contributed by atoms with van der Waals surface area (Å²) in [5, 5.41) is 0. The number of hydrogen-bond acceptors (Lipinski definition) is 4. The van der Waals surface area contributed by atoms with Gasteiger partial charge >= 0.3 is 12.1 Å². The third-order valence-corrected chi connectivity index (χ3v) is 2.39. The highest BCUT2D eigenvalue weighted by atomic mass is 16.6. The monoisotopic (exact) mass is 265 g/mol. The Morgan fingerprint density at radius 2 is 1.79 bits per heavy atom. The van der Waals surface area contributed by atoms with Crippen LogP contribution in [-0.2, 0) is 4.74 Å². The fourth-order valence-corrected chi connectivity index (χ4v) is 1.24. The Bertz CT molecular complexity index is 426. The van der Waals surface area contributed by atoms with Crippen LogP contribution in [0.1, 0.15) is 30.1 Å². The van der Waals surface area contributed by atoms with Crippen LogP contribution in [0.4, 0.5) is 4.79 Å². The van der Waals surface area contributed by atoms with Crippen LogP contribution >= 0.6 is 0 Å². The molecule has 1 rings (SSSR count). The first kappa shape index (κ1) is 15.0. The summed E-state index contributed by atoms with van der Waals surface area (Å²) in [6, 6.07) is 6.29. The average molecular weight is 265 g/mol. The number of unbranched alkanes of at least 4 members (excludes halogenated alkanes) is 1. The molecule has 0 radical (unpaired) electrons. The SMILES string of the molecule is CCCCOC(=O)c1ccc(OC(=O)N(C)C)cc1. The van der Waals surface area contributed by atoms with Crippen molar-refractivity contribution in [2.75, 3.05) is 20.7 Å². The van der Waals surface area contributed by atoms with Gasteiger partial charge in [0.1, 0.15) is 5.75 Å². The molecule has 0 aliphatic heterocycles. The fraction of sp³-hybridized carbons (Fsp3) is 0.429. The van der Waals surface area contributed by atoms with E-state index in [4.69, 9.17) is 9.47 Å². The number of rotatable bonds is 5. The van der Waals surface area contributed by atoms with Gasteiger partial charge in [0.15, 0.2) is 0 Å². The predicted octanol–water partition coefficient (Wildman–Crippen LogP) is 2.70. The Labute approximate surface area is 113 Å². The number of carbonyl (C=O) groups excluding carboxylic acids is 2. The average Bonchev–Trinajstić information content (AvgIpc) is 2.39. The van der Waals surface area contributed by atoms with Gasteiger partial charge in [-0.1, -0.05) is 13.3 Å². The topological polar surface area (TPSA) is 55.8 Å². The van der Waals surface area contributed by atoms with E-state index in [0.29, 0.717) is 17.9 Å². The van der Waals surface area contributed by atoms with Gasteiger partial charge < -0.3 is 14.4 Å². The summed E-state index contributed by atoms with van der Waals surface area (Å²) < 4.78 is 10.1. The van der Waals surface area contributed by atoms with E-state index in [2.05, 4.69) is 0 Å². The third-order valence-electron chi connectivity index (χ3n) is 2.39. The zero-order chi connectivity index (χ0) is 14.3. The number of ether oxygens (including phenoxy) is 2. The maximum atomic E-state index is 11.6. The lowest BCUT2D eigenvalue weighted by Crippen LogP contribution is -2.25. The molecule has 1 aromatic rings. The van der Waals surface area contributed by atoms with Gasteiger partial charge in [0.05, 0.1) is 12.2 Å². The van der Waals surface area contributed by atoms with Crippen molar-refractivity contribution < 1.29 is 19.1 Å². The number of carbonyl (C=O) groups is 2. The second-order valence-corrected chi connectivity index (χ2v) is 4.28. The number of amides is 1. The highest BCUT2D eigenvalue weighted by Gasteiger charge is 2.09.